The lowest BCUT2D eigenvalue weighted by Crippen LogP contribution is -2.12. The average molecular weight is 573 g/mol. The molecule has 2 heteroatoms. The van der Waals surface area contributed by atoms with Gasteiger partial charge in [0.2, 0.25) is 0 Å². The van der Waals surface area contributed by atoms with Crippen LogP contribution in [0.1, 0.15) is 33.4 Å². The van der Waals surface area contributed by atoms with E-state index in [1.54, 1.807) is 0 Å². The zero-order chi connectivity index (χ0) is 30.8. The summed E-state index contributed by atoms with van der Waals surface area (Å²) in [6.07, 6.45) is 0. The summed E-state index contributed by atoms with van der Waals surface area (Å²) in [6, 6.07) is 48.1. The maximum Gasteiger partial charge on any atom is 0.0493 e. The fourth-order valence-electron chi connectivity index (χ4n) is 5.98. The highest BCUT2D eigenvalue weighted by Gasteiger charge is 2.18. The smallest absolute Gasteiger partial charge is 0.0493 e. The summed E-state index contributed by atoms with van der Waals surface area (Å²) in [5.74, 6) is 0. The van der Waals surface area contributed by atoms with Crippen LogP contribution in [0.2, 0.25) is 0 Å². The summed E-state index contributed by atoms with van der Waals surface area (Å²) in [4.78, 5) is 4.72. The molecule has 0 heterocycles. The first kappa shape index (κ1) is 29.0. The Balaban J connectivity index is 1.35. The molecule has 0 saturated heterocycles. The van der Waals surface area contributed by atoms with Gasteiger partial charge in [0.1, 0.15) is 0 Å². The van der Waals surface area contributed by atoms with Crippen molar-refractivity contribution < 1.29 is 0 Å². The molecule has 0 bridgehead atoms. The van der Waals surface area contributed by atoms with Gasteiger partial charge in [0.25, 0.3) is 0 Å². The van der Waals surface area contributed by atoms with E-state index in [4.69, 9.17) is 0 Å². The van der Waals surface area contributed by atoms with Crippen molar-refractivity contribution in [2.45, 2.75) is 41.5 Å². The van der Waals surface area contributed by atoms with Crippen molar-refractivity contribution in [3.05, 3.63) is 167 Å². The number of para-hydroxylation sites is 2. The largest absolute Gasteiger partial charge is 0.310 e. The van der Waals surface area contributed by atoms with Gasteiger partial charge in [-0.1, -0.05) is 72.8 Å². The van der Waals surface area contributed by atoms with E-state index in [0.29, 0.717) is 0 Å². The van der Waals surface area contributed by atoms with Crippen LogP contribution in [0.5, 0.6) is 0 Å². The second-order valence-corrected chi connectivity index (χ2v) is 11.7. The van der Waals surface area contributed by atoms with E-state index >= 15 is 0 Å². The molecule has 6 aromatic rings. The van der Waals surface area contributed by atoms with Crippen LogP contribution in [-0.4, -0.2) is 0 Å². The van der Waals surface area contributed by atoms with Gasteiger partial charge in [0.15, 0.2) is 0 Å². The van der Waals surface area contributed by atoms with E-state index in [1.165, 1.54) is 55.9 Å². The van der Waals surface area contributed by atoms with E-state index < -0.39 is 0 Å². The van der Waals surface area contributed by atoms with Crippen LogP contribution in [0.15, 0.2) is 133 Å². The molecule has 218 valence electrons. The minimum Gasteiger partial charge on any atom is -0.310 e. The zero-order valence-electron chi connectivity index (χ0n) is 26.6. The molecule has 44 heavy (non-hydrogen) atoms. The lowest BCUT2D eigenvalue weighted by molar-refractivity contribution is 1.20. The van der Waals surface area contributed by atoms with E-state index in [9.17, 15) is 0 Å². The zero-order valence-corrected chi connectivity index (χ0v) is 26.6. The Morgan fingerprint density at radius 3 is 0.955 bits per heavy atom. The number of nitrogens with zero attached hydrogens (tertiary/aromatic N) is 2. The predicted octanol–water partition coefficient (Wildman–Crippen LogP) is 12.1. The first-order valence-corrected chi connectivity index (χ1v) is 15.4. The van der Waals surface area contributed by atoms with Crippen LogP contribution in [-0.2, 0) is 0 Å². The number of aryl methyl sites for hydroxylation is 2. The highest BCUT2D eigenvalue weighted by Crippen LogP contribution is 2.40. The predicted molar refractivity (Wildman–Crippen MR) is 190 cm³/mol. The van der Waals surface area contributed by atoms with Crippen LogP contribution in [0.4, 0.5) is 34.1 Å². The van der Waals surface area contributed by atoms with Crippen LogP contribution in [0.3, 0.4) is 0 Å². The van der Waals surface area contributed by atoms with Gasteiger partial charge in [-0.15, -0.1) is 0 Å². The molecule has 0 unspecified atom stereocenters. The summed E-state index contributed by atoms with van der Waals surface area (Å²) in [6.45, 7) is 13.2. The Bertz CT molecular complexity index is 1750. The molecule has 6 aromatic carbocycles. The number of benzene rings is 6. The molecule has 0 aliphatic carbocycles. The Kier molecular flexibility index (Phi) is 8.09. The normalized spacial score (nSPS) is 11.0. The molecule has 0 atom stereocenters. The molecule has 0 radical (unpaired) electrons. The van der Waals surface area contributed by atoms with Gasteiger partial charge in [0.05, 0.1) is 0 Å². The molecule has 0 spiro atoms. The molecule has 0 aliphatic rings. The molecule has 0 N–H and O–H groups in total. The highest BCUT2D eigenvalue weighted by atomic mass is 15.1. The van der Waals surface area contributed by atoms with E-state index in [2.05, 4.69) is 185 Å². The van der Waals surface area contributed by atoms with Crippen molar-refractivity contribution in [1.29, 1.82) is 0 Å². The van der Waals surface area contributed by atoms with Gasteiger partial charge in [-0.05, 0) is 147 Å². The Hall–Kier alpha value is -5.08. The SMILES string of the molecule is Cc1ccc(N(c2ccccc2)c2ccc(-c3ccc(N(c4ccccc4)c4ccc(C)c(C)c4C)cc3)cc2)c(C)c1C. The van der Waals surface area contributed by atoms with Gasteiger partial charge in [-0.3, -0.25) is 0 Å². The van der Waals surface area contributed by atoms with Gasteiger partial charge >= 0.3 is 0 Å². The molecular formula is C42H40N2. The summed E-state index contributed by atoms with van der Waals surface area (Å²) in [5, 5.41) is 0. The van der Waals surface area contributed by atoms with Crippen molar-refractivity contribution >= 4 is 34.1 Å². The minimum atomic E-state index is 1.14. The lowest BCUT2D eigenvalue weighted by atomic mass is 9.99. The standard InChI is InChI=1S/C42H40N2/c1-29-17-27-41(33(5)31(29)3)43(37-13-9-7-10-14-37)39-23-19-35(20-24-39)36-21-25-40(26-22-36)44(38-15-11-8-12-16-38)42-28-18-30(2)32(4)34(42)6/h7-28H,1-6H3. The number of rotatable bonds is 7. The van der Waals surface area contributed by atoms with E-state index in [1.807, 2.05) is 0 Å². The second-order valence-electron chi connectivity index (χ2n) is 11.7. The second kappa shape index (κ2) is 12.3. The first-order chi connectivity index (χ1) is 21.3. The average Bonchev–Trinajstić information content (AvgIpc) is 3.06. The molecule has 0 fully saturated rings. The van der Waals surface area contributed by atoms with Crippen molar-refractivity contribution in [2.75, 3.05) is 9.80 Å². The molecular weight excluding hydrogens is 532 g/mol. The van der Waals surface area contributed by atoms with E-state index in [0.717, 1.165) is 22.7 Å². The quantitative estimate of drug-likeness (QED) is 0.188. The summed E-state index contributed by atoms with van der Waals surface area (Å²) in [5.41, 5.74) is 17.3. The van der Waals surface area contributed by atoms with Gasteiger partial charge in [-0.25, -0.2) is 0 Å². The third-order valence-corrected chi connectivity index (χ3v) is 9.15. The maximum atomic E-state index is 2.36. The molecule has 0 aliphatic heterocycles. The van der Waals surface area contributed by atoms with Gasteiger partial charge < -0.3 is 9.80 Å². The molecule has 0 amide bonds. The van der Waals surface area contributed by atoms with Crippen molar-refractivity contribution in [1.82, 2.24) is 0 Å². The Labute approximate surface area is 262 Å². The van der Waals surface area contributed by atoms with Crippen LogP contribution in [0.25, 0.3) is 11.1 Å². The summed E-state index contributed by atoms with van der Waals surface area (Å²) < 4.78 is 0. The molecule has 6 rings (SSSR count). The van der Waals surface area contributed by atoms with Crippen molar-refractivity contribution in [2.24, 2.45) is 0 Å². The third kappa shape index (κ3) is 5.52. The number of hydrogen-bond donors (Lipinski definition) is 0. The van der Waals surface area contributed by atoms with Gasteiger partial charge in [0, 0.05) is 34.1 Å². The Morgan fingerprint density at radius 1 is 0.295 bits per heavy atom. The van der Waals surface area contributed by atoms with Gasteiger partial charge in [-0.2, -0.15) is 0 Å². The highest BCUT2D eigenvalue weighted by molar-refractivity contribution is 5.82. The summed E-state index contributed by atoms with van der Waals surface area (Å²) in [7, 11) is 0. The fraction of sp³-hybridized carbons (Fsp3) is 0.143. The van der Waals surface area contributed by atoms with Crippen LogP contribution in [0, 0.1) is 41.5 Å². The molecule has 0 saturated carbocycles. The minimum absolute atomic E-state index is 1.14. The number of anilines is 6. The summed E-state index contributed by atoms with van der Waals surface area (Å²) >= 11 is 0. The monoisotopic (exact) mass is 572 g/mol. The number of hydrogen-bond acceptors (Lipinski definition) is 2. The third-order valence-electron chi connectivity index (χ3n) is 9.15. The van der Waals surface area contributed by atoms with Crippen molar-refractivity contribution in [3.63, 3.8) is 0 Å². The van der Waals surface area contributed by atoms with E-state index in [-0.39, 0.29) is 0 Å². The van der Waals surface area contributed by atoms with Crippen LogP contribution < -0.4 is 9.80 Å². The topological polar surface area (TPSA) is 6.48 Å². The van der Waals surface area contributed by atoms with Crippen LogP contribution >= 0.6 is 0 Å². The van der Waals surface area contributed by atoms with Crippen molar-refractivity contribution in [3.8, 4) is 11.1 Å². The fourth-order valence-corrected chi connectivity index (χ4v) is 5.98. The lowest BCUT2D eigenvalue weighted by Gasteiger charge is -2.28. The maximum absolute atomic E-state index is 2.36. The Morgan fingerprint density at radius 2 is 0.614 bits per heavy atom. The molecule has 2 nitrogen and oxygen atoms in total. The molecule has 0 aromatic heterocycles. The first-order valence-electron chi connectivity index (χ1n) is 15.4.